The van der Waals surface area contributed by atoms with Crippen molar-refractivity contribution in [3.8, 4) is 0 Å². The first kappa shape index (κ1) is 19.7. The highest BCUT2D eigenvalue weighted by atomic mass is 32.1. The van der Waals surface area contributed by atoms with Crippen molar-refractivity contribution in [2.75, 3.05) is 13.1 Å². The number of hydrogen-bond donors (Lipinski definition) is 1. The van der Waals surface area contributed by atoms with Crippen molar-refractivity contribution in [1.82, 2.24) is 15.2 Å². The Bertz CT molecular complexity index is 609. The molecule has 0 bridgehead atoms. The zero-order chi connectivity index (χ0) is 18.6. The summed E-state index contributed by atoms with van der Waals surface area (Å²) in [5.74, 6) is 0.414. The number of ether oxygens (including phenoxy) is 1. The SMILES string of the molecule is Cc1nc(CC(=O)N2CCC[C@@H](C)[C@H]2CNC(=O)OC(C)(C)C)cs1. The molecule has 7 heteroatoms. The van der Waals surface area contributed by atoms with Gasteiger partial charge in [0.05, 0.1) is 23.2 Å². The van der Waals surface area contributed by atoms with Crippen molar-refractivity contribution in [3.63, 3.8) is 0 Å². The fourth-order valence-electron chi connectivity index (χ4n) is 3.12. The van der Waals surface area contributed by atoms with Crippen LogP contribution in [0.4, 0.5) is 4.79 Å². The van der Waals surface area contributed by atoms with E-state index in [1.807, 2.05) is 38.0 Å². The third-order valence-electron chi connectivity index (χ3n) is 4.29. The van der Waals surface area contributed by atoms with Gasteiger partial charge in [0.2, 0.25) is 5.91 Å². The van der Waals surface area contributed by atoms with Gasteiger partial charge in [-0.1, -0.05) is 6.92 Å². The summed E-state index contributed by atoms with van der Waals surface area (Å²) < 4.78 is 5.30. The average Bonchev–Trinajstić information content (AvgIpc) is 2.89. The Labute approximate surface area is 154 Å². The first-order chi connectivity index (χ1) is 11.7. The van der Waals surface area contributed by atoms with Crippen molar-refractivity contribution in [2.24, 2.45) is 5.92 Å². The number of hydrogen-bond acceptors (Lipinski definition) is 5. The fraction of sp³-hybridized carbons (Fsp3) is 0.722. The number of nitrogens with one attached hydrogen (secondary N) is 1. The van der Waals surface area contributed by atoms with Gasteiger partial charge in [0, 0.05) is 18.5 Å². The van der Waals surface area contributed by atoms with E-state index in [9.17, 15) is 9.59 Å². The Balaban J connectivity index is 1.97. The largest absolute Gasteiger partial charge is 0.444 e. The van der Waals surface area contributed by atoms with Gasteiger partial charge in [0.25, 0.3) is 0 Å². The number of alkyl carbamates (subject to hydrolysis) is 1. The molecule has 1 aromatic rings. The molecule has 0 radical (unpaired) electrons. The third kappa shape index (κ3) is 5.99. The van der Waals surface area contributed by atoms with Crippen LogP contribution in [0.1, 0.15) is 51.2 Å². The van der Waals surface area contributed by atoms with E-state index in [1.165, 1.54) is 0 Å². The summed E-state index contributed by atoms with van der Waals surface area (Å²) in [4.78, 5) is 31.0. The second-order valence-electron chi connectivity index (χ2n) is 7.69. The van der Waals surface area contributed by atoms with Gasteiger partial charge in [-0.2, -0.15) is 0 Å². The van der Waals surface area contributed by atoms with E-state index in [0.717, 1.165) is 30.1 Å². The van der Waals surface area contributed by atoms with Gasteiger partial charge >= 0.3 is 6.09 Å². The van der Waals surface area contributed by atoms with E-state index in [1.54, 1.807) is 11.3 Å². The highest BCUT2D eigenvalue weighted by molar-refractivity contribution is 7.09. The number of piperidine rings is 1. The van der Waals surface area contributed by atoms with Crippen LogP contribution in [0.2, 0.25) is 0 Å². The summed E-state index contributed by atoms with van der Waals surface area (Å²) in [5.41, 5.74) is 0.296. The molecule has 140 valence electrons. The van der Waals surface area contributed by atoms with E-state index in [4.69, 9.17) is 4.74 Å². The Morgan fingerprint density at radius 2 is 2.16 bits per heavy atom. The summed E-state index contributed by atoms with van der Waals surface area (Å²) in [5, 5.41) is 5.73. The predicted octanol–water partition coefficient (Wildman–Crippen LogP) is 3.15. The molecule has 2 atom stereocenters. The van der Waals surface area contributed by atoms with Crippen LogP contribution in [-0.4, -0.2) is 46.6 Å². The van der Waals surface area contributed by atoms with Gasteiger partial charge in [-0.3, -0.25) is 4.79 Å². The Morgan fingerprint density at radius 3 is 2.76 bits per heavy atom. The normalized spacial score (nSPS) is 21.1. The molecule has 1 N–H and O–H groups in total. The van der Waals surface area contributed by atoms with Crippen LogP contribution in [0.25, 0.3) is 0 Å². The number of amides is 2. The lowest BCUT2D eigenvalue weighted by atomic mass is 9.90. The fourth-order valence-corrected chi connectivity index (χ4v) is 3.73. The molecule has 0 unspecified atom stereocenters. The number of likely N-dealkylation sites (tertiary alicyclic amines) is 1. The molecule has 25 heavy (non-hydrogen) atoms. The summed E-state index contributed by atoms with van der Waals surface area (Å²) >= 11 is 1.56. The molecule has 2 rings (SSSR count). The van der Waals surface area contributed by atoms with Crippen LogP contribution in [-0.2, 0) is 16.0 Å². The summed E-state index contributed by atoms with van der Waals surface area (Å²) in [6, 6.07) is -0.00602. The molecule has 0 spiro atoms. The molecule has 2 amide bonds. The summed E-state index contributed by atoms with van der Waals surface area (Å²) in [6.45, 7) is 10.7. The van der Waals surface area contributed by atoms with Crippen molar-refractivity contribution < 1.29 is 14.3 Å². The van der Waals surface area contributed by atoms with Crippen molar-refractivity contribution in [1.29, 1.82) is 0 Å². The van der Waals surface area contributed by atoms with E-state index in [2.05, 4.69) is 17.2 Å². The van der Waals surface area contributed by atoms with E-state index in [-0.39, 0.29) is 11.9 Å². The van der Waals surface area contributed by atoms with Gasteiger partial charge < -0.3 is 15.0 Å². The monoisotopic (exact) mass is 367 g/mol. The third-order valence-corrected chi connectivity index (χ3v) is 5.11. The zero-order valence-corrected chi connectivity index (χ0v) is 16.6. The first-order valence-electron chi connectivity index (χ1n) is 8.83. The Hall–Kier alpha value is -1.63. The topological polar surface area (TPSA) is 71.5 Å². The standard InChI is InChI=1S/C18H29N3O3S/c1-12-7-6-8-21(16(22)9-14-11-25-13(2)20-14)15(12)10-19-17(23)24-18(3,4)5/h11-12,15H,6-10H2,1-5H3,(H,19,23)/t12-,15-/m1/s1. The zero-order valence-electron chi connectivity index (χ0n) is 15.8. The van der Waals surface area contributed by atoms with Crippen LogP contribution < -0.4 is 5.32 Å². The molecule has 1 aromatic heterocycles. The molecule has 2 heterocycles. The van der Waals surface area contributed by atoms with Crippen LogP contribution in [0.3, 0.4) is 0 Å². The van der Waals surface area contributed by atoms with E-state index in [0.29, 0.717) is 18.9 Å². The van der Waals surface area contributed by atoms with Gasteiger partial charge in [0.15, 0.2) is 0 Å². The van der Waals surface area contributed by atoms with Gasteiger partial charge in [0.1, 0.15) is 5.60 Å². The van der Waals surface area contributed by atoms with Gasteiger partial charge in [-0.15, -0.1) is 11.3 Å². The second kappa shape index (κ2) is 8.17. The van der Waals surface area contributed by atoms with E-state index >= 15 is 0 Å². The molecule has 1 fully saturated rings. The average molecular weight is 368 g/mol. The number of thiazole rings is 1. The predicted molar refractivity (Wildman–Crippen MR) is 98.7 cm³/mol. The Morgan fingerprint density at radius 1 is 1.44 bits per heavy atom. The molecule has 0 saturated carbocycles. The maximum absolute atomic E-state index is 12.8. The van der Waals surface area contributed by atoms with E-state index < -0.39 is 11.7 Å². The number of aryl methyl sites for hydroxylation is 1. The number of carbonyl (C=O) groups excluding carboxylic acids is 2. The molecule has 0 aromatic carbocycles. The van der Waals surface area contributed by atoms with Crippen LogP contribution in [0.5, 0.6) is 0 Å². The van der Waals surface area contributed by atoms with Crippen LogP contribution >= 0.6 is 11.3 Å². The van der Waals surface area contributed by atoms with Crippen LogP contribution in [0, 0.1) is 12.8 Å². The molecule has 1 aliphatic rings. The smallest absolute Gasteiger partial charge is 0.407 e. The maximum Gasteiger partial charge on any atom is 0.407 e. The quantitative estimate of drug-likeness (QED) is 0.887. The molecular formula is C18H29N3O3S. The van der Waals surface area contributed by atoms with Crippen LogP contribution in [0.15, 0.2) is 5.38 Å². The highest BCUT2D eigenvalue weighted by Crippen LogP contribution is 2.24. The molecule has 6 nitrogen and oxygen atoms in total. The molecule has 1 aliphatic heterocycles. The number of carbonyl (C=O) groups is 2. The number of nitrogens with zero attached hydrogens (tertiary/aromatic N) is 2. The minimum atomic E-state index is -0.528. The summed E-state index contributed by atoms with van der Waals surface area (Å²) in [7, 11) is 0. The van der Waals surface area contributed by atoms with Gasteiger partial charge in [-0.25, -0.2) is 9.78 Å². The minimum absolute atomic E-state index is 0.00602. The summed E-state index contributed by atoms with van der Waals surface area (Å²) in [6.07, 6.45) is 1.93. The van der Waals surface area contributed by atoms with Gasteiger partial charge in [-0.05, 0) is 46.5 Å². The molecule has 0 aliphatic carbocycles. The Kier molecular flexibility index (Phi) is 6.43. The second-order valence-corrected chi connectivity index (χ2v) is 8.75. The number of aromatic nitrogens is 1. The lowest BCUT2D eigenvalue weighted by molar-refractivity contribution is -0.135. The number of rotatable bonds is 4. The van der Waals surface area contributed by atoms with Crippen molar-refractivity contribution in [2.45, 2.75) is 65.5 Å². The lowest BCUT2D eigenvalue weighted by Gasteiger charge is -2.40. The highest BCUT2D eigenvalue weighted by Gasteiger charge is 2.32. The minimum Gasteiger partial charge on any atom is -0.444 e. The molecule has 1 saturated heterocycles. The molecular weight excluding hydrogens is 338 g/mol. The van der Waals surface area contributed by atoms with Crippen molar-refractivity contribution >= 4 is 23.3 Å². The first-order valence-corrected chi connectivity index (χ1v) is 9.71. The lowest BCUT2D eigenvalue weighted by Crippen LogP contribution is -2.53. The maximum atomic E-state index is 12.8. The van der Waals surface area contributed by atoms with Crippen molar-refractivity contribution in [3.05, 3.63) is 16.1 Å².